The Labute approximate surface area is 178 Å². The van der Waals surface area contributed by atoms with E-state index in [1.807, 2.05) is 18.2 Å². The first-order valence-electron chi connectivity index (χ1n) is 10.9. The predicted molar refractivity (Wildman–Crippen MR) is 123 cm³/mol. The van der Waals surface area contributed by atoms with Gasteiger partial charge in [-0.05, 0) is 73.2 Å². The number of anilines is 1. The van der Waals surface area contributed by atoms with Gasteiger partial charge in [0, 0.05) is 35.0 Å². The molecular formula is C27H28N2O. The zero-order valence-electron chi connectivity index (χ0n) is 18.0. The normalized spacial score (nSPS) is 20.0. The maximum absolute atomic E-state index is 7.92. The van der Waals surface area contributed by atoms with Crippen molar-refractivity contribution in [3.8, 4) is 11.3 Å². The first-order valence-corrected chi connectivity index (χ1v) is 10.9. The Bertz CT molecular complexity index is 1210. The second-order valence-electron chi connectivity index (χ2n) is 8.84. The van der Waals surface area contributed by atoms with Crippen molar-refractivity contribution in [3.63, 3.8) is 0 Å². The maximum atomic E-state index is 7.92. The molecule has 2 aliphatic heterocycles. The molecule has 30 heavy (non-hydrogen) atoms. The van der Waals surface area contributed by atoms with Gasteiger partial charge in [0.2, 0.25) is 0 Å². The molecule has 2 aliphatic carbocycles. The molecular weight excluding hydrogens is 368 g/mol. The topological polar surface area (TPSA) is 40.2 Å². The number of nitrogens with one attached hydrogen (secondary N) is 1. The zero-order chi connectivity index (χ0) is 20.9. The van der Waals surface area contributed by atoms with Crippen LogP contribution in [0.3, 0.4) is 0 Å². The summed E-state index contributed by atoms with van der Waals surface area (Å²) in [7, 11) is 0. The molecule has 1 N–H and O–H groups in total. The average molecular weight is 397 g/mol. The lowest BCUT2D eigenvalue weighted by Gasteiger charge is -2.26. The summed E-state index contributed by atoms with van der Waals surface area (Å²) in [5.41, 5.74) is 7.62. The summed E-state index contributed by atoms with van der Waals surface area (Å²) in [6.45, 7) is 7.80. The average Bonchev–Trinajstić information content (AvgIpc) is 2.97. The number of likely N-dealkylation sites (N-methyl/N-ethyl adjacent to an activating group) is 1. The van der Waals surface area contributed by atoms with E-state index in [9.17, 15) is 0 Å². The molecule has 1 aromatic carbocycles. The number of aryl methyl sites for hydroxylation is 1. The van der Waals surface area contributed by atoms with Crippen molar-refractivity contribution in [2.45, 2.75) is 45.4 Å². The minimum atomic E-state index is -0.0260. The van der Waals surface area contributed by atoms with E-state index < -0.39 is 0 Å². The molecule has 0 spiro atoms. The SMILES string of the molecule is CCN1/C(=C\C=C2/CCCc3cc4ccc(=N)cc-4oc32)C(C)(C)c2ccccc21. The van der Waals surface area contributed by atoms with E-state index in [1.165, 1.54) is 28.1 Å². The summed E-state index contributed by atoms with van der Waals surface area (Å²) in [6.07, 6.45) is 7.77. The Morgan fingerprint density at radius 1 is 1.07 bits per heavy atom. The van der Waals surface area contributed by atoms with Crippen LogP contribution in [0.4, 0.5) is 5.69 Å². The van der Waals surface area contributed by atoms with Crippen molar-refractivity contribution in [1.82, 2.24) is 0 Å². The van der Waals surface area contributed by atoms with Crippen molar-refractivity contribution in [2.24, 2.45) is 0 Å². The number of rotatable bonds is 2. The molecule has 0 bridgehead atoms. The quantitative estimate of drug-likeness (QED) is 0.553. The first kappa shape index (κ1) is 18.9. The van der Waals surface area contributed by atoms with E-state index >= 15 is 0 Å². The smallest absolute Gasteiger partial charge is 0.136 e. The Morgan fingerprint density at radius 2 is 1.90 bits per heavy atom. The van der Waals surface area contributed by atoms with Crippen LogP contribution < -0.4 is 10.3 Å². The highest BCUT2D eigenvalue weighted by molar-refractivity contribution is 5.74. The molecule has 3 nitrogen and oxygen atoms in total. The summed E-state index contributed by atoms with van der Waals surface area (Å²) in [4.78, 5) is 2.43. The van der Waals surface area contributed by atoms with E-state index in [1.54, 1.807) is 0 Å². The van der Waals surface area contributed by atoms with Crippen LogP contribution >= 0.6 is 0 Å². The van der Waals surface area contributed by atoms with Gasteiger partial charge in [-0.15, -0.1) is 0 Å². The minimum absolute atomic E-state index is 0.0260. The van der Waals surface area contributed by atoms with Crippen LogP contribution in [0.25, 0.3) is 16.9 Å². The van der Waals surface area contributed by atoms with Crippen molar-refractivity contribution >= 4 is 11.3 Å². The fourth-order valence-electron chi connectivity index (χ4n) is 5.03. The largest absolute Gasteiger partial charge is 0.456 e. The Morgan fingerprint density at radius 3 is 2.73 bits per heavy atom. The third-order valence-corrected chi connectivity index (χ3v) is 6.59. The predicted octanol–water partition coefficient (Wildman–Crippen LogP) is 6.29. The van der Waals surface area contributed by atoms with Crippen LogP contribution in [0.1, 0.15) is 50.5 Å². The number of hydrogen-bond donors (Lipinski definition) is 1. The third-order valence-electron chi connectivity index (χ3n) is 6.59. The molecule has 1 aromatic rings. The second kappa shape index (κ2) is 7.02. The van der Waals surface area contributed by atoms with Crippen molar-refractivity contribution in [3.05, 3.63) is 88.6 Å². The zero-order valence-corrected chi connectivity index (χ0v) is 18.0. The molecule has 0 fully saturated rings. The van der Waals surface area contributed by atoms with Crippen LogP contribution in [-0.2, 0) is 11.8 Å². The van der Waals surface area contributed by atoms with E-state index in [2.05, 4.69) is 68.2 Å². The van der Waals surface area contributed by atoms with Crippen LogP contribution in [0.15, 0.2) is 70.8 Å². The van der Waals surface area contributed by atoms with Crippen molar-refractivity contribution in [1.29, 1.82) is 5.41 Å². The summed E-state index contributed by atoms with van der Waals surface area (Å²) in [5, 5.41) is 8.41. The number of fused-ring (bicyclic) bond motifs is 3. The number of hydrogen-bond acceptors (Lipinski definition) is 3. The number of benzene rings is 2. The van der Waals surface area contributed by atoms with Gasteiger partial charge in [-0.3, -0.25) is 0 Å². The summed E-state index contributed by atoms with van der Waals surface area (Å²) >= 11 is 0. The van der Waals surface area contributed by atoms with E-state index in [0.29, 0.717) is 5.36 Å². The van der Waals surface area contributed by atoms with Crippen molar-refractivity contribution < 1.29 is 4.42 Å². The lowest BCUT2D eigenvalue weighted by molar-refractivity contribution is 0.526. The van der Waals surface area contributed by atoms with Gasteiger partial charge in [0.25, 0.3) is 0 Å². The fraction of sp³-hybridized carbons (Fsp3) is 0.296. The Kier molecular flexibility index (Phi) is 4.43. The molecule has 152 valence electrons. The van der Waals surface area contributed by atoms with E-state index in [-0.39, 0.29) is 5.41 Å². The molecule has 0 saturated heterocycles. The Balaban J connectivity index is 1.61. The summed E-state index contributed by atoms with van der Waals surface area (Å²) < 4.78 is 6.33. The molecule has 0 aromatic heterocycles. The van der Waals surface area contributed by atoms with Gasteiger partial charge in [0.1, 0.15) is 11.5 Å². The first-order chi connectivity index (χ1) is 14.5. The van der Waals surface area contributed by atoms with Crippen LogP contribution in [0.2, 0.25) is 0 Å². The van der Waals surface area contributed by atoms with Gasteiger partial charge < -0.3 is 14.7 Å². The standard InChI is InChI=1S/C27H28N2O/c1-4-29-23-11-6-5-10-22(23)27(2,3)25(29)15-13-18-8-7-9-20-16-19-12-14-21(28)17-24(19)30-26(18)20/h5-6,10-17,28H,4,7-9H2,1-3H3/b18-13+,25-15-,28-21?. The summed E-state index contributed by atoms with van der Waals surface area (Å²) in [6, 6.07) is 16.6. The maximum Gasteiger partial charge on any atom is 0.136 e. The van der Waals surface area contributed by atoms with Crippen molar-refractivity contribution in [2.75, 3.05) is 11.4 Å². The molecule has 3 heteroatoms. The monoisotopic (exact) mass is 396 g/mol. The van der Waals surface area contributed by atoms with E-state index in [4.69, 9.17) is 9.83 Å². The lowest BCUT2D eigenvalue weighted by atomic mass is 9.83. The highest BCUT2D eigenvalue weighted by atomic mass is 16.3. The van der Waals surface area contributed by atoms with Gasteiger partial charge >= 0.3 is 0 Å². The highest BCUT2D eigenvalue weighted by Crippen LogP contribution is 2.47. The molecule has 0 atom stereocenters. The summed E-state index contributed by atoms with van der Waals surface area (Å²) in [5.74, 6) is 1.79. The fourth-order valence-corrected chi connectivity index (χ4v) is 5.03. The number of nitrogens with zero attached hydrogens (tertiary/aromatic N) is 1. The van der Waals surface area contributed by atoms with Gasteiger partial charge in [-0.1, -0.05) is 38.1 Å². The molecule has 0 amide bonds. The van der Waals surface area contributed by atoms with Gasteiger partial charge in [-0.2, -0.15) is 0 Å². The molecule has 0 radical (unpaired) electrons. The molecule has 5 rings (SSSR count). The number of allylic oxidation sites excluding steroid dienone is 4. The molecule has 2 heterocycles. The molecule has 4 aliphatic rings. The van der Waals surface area contributed by atoms with Gasteiger partial charge in [0.15, 0.2) is 0 Å². The minimum Gasteiger partial charge on any atom is -0.456 e. The van der Waals surface area contributed by atoms with Gasteiger partial charge in [-0.25, -0.2) is 0 Å². The van der Waals surface area contributed by atoms with Crippen LogP contribution in [0.5, 0.6) is 0 Å². The molecule has 0 unspecified atom stereocenters. The van der Waals surface area contributed by atoms with Crippen LogP contribution in [0, 0.1) is 5.41 Å². The third kappa shape index (κ3) is 2.92. The highest BCUT2D eigenvalue weighted by Gasteiger charge is 2.38. The lowest BCUT2D eigenvalue weighted by Crippen LogP contribution is -2.25. The molecule has 0 saturated carbocycles. The van der Waals surface area contributed by atoms with E-state index in [0.717, 1.165) is 42.9 Å². The number of para-hydroxylation sites is 1. The Hall–Kier alpha value is -3.07. The van der Waals surface area contributed by atoms with Crippen LogP contribution in [-0.4, -0.2) is 6.54 Å². The second-order valence-corrected chi connectivity index (χ2v) is 8.84. The van der Waals surface area contributed by atoms with Gasteiger partial charge in [0.05, 0.1) is 5.36 Å².